The van der Waals surface area contributed by atoms with Gasteiger partial charge in [-0.1, -0.05) is 6.07 Å². The maximum Gasteiger partial charge on any atom is 0.259 e. The van der Waals surface area contributed by atoms with E-state index in [1.807, 2.05) is 41.0 Å². The number of hydrogen-bond donors (Lipinski definition) is 0. The van der Waals surface area contributed by atoms with Crippen LogP contribution in [-0.4, -0.2) is 61.4 Å². The summed E-state index contributed by atoms with van der Waals surface area (Å²) in [7, 11) is 2.09. The van der Waals surface area contributed by atoms with Crippen LogP contribution >= 0.6 is 0 Å². The highest BCUT2D eigenvalue weighted by molar-refractivity contribution is 6.11. The van der Waals surface area contributed by atoms with Gasteiger partial charge in [-0.2, -0.15) is 0 Å². The molecular weight excluding hydrogens is 402 g/mol. The summed E-state index contributed by atoms with van der Waals surface area (Å²) in [6.45, 7) is 5.82. The predicted molar refractivity (Wildman–Crippen MR) is 124 cm³/mol. The molecule has 0 bridgehead atoms. The van der Waals surface area contributed by atoms with Gasteiger partial charge in [-0.15, -0.1) is 0 Å². The number of likely N-dealkylation sites (N-methyl/N-ethyl adjacent to an activating group) is 1. The fourth-order valence-electron chi connectivity index (χ4n) is 5.23. The Hall–Kier alpha value is -2.86. The summed E-state index contributed by atoms with van der Waals surface area (Å²) in [5.41, 5.74) is 5.20. The molecule has 1 unspecified atom stereocenters. The second-order valence-corrected chi connectivity index (χ2v) is 9.07. The summed E-state index contributed by atoms with van der Waals surface area (Å²) < 4.78 is 5.58. The van der Waals surface area contributed by atoms with Gasteiger partial charge in [0.05, 0.1) is 19.1 Å². The molecule has 0 N–H and O–H groups in total. The van der Waals surface area contributed by atoms with E-state index in [0.29, 0.717) is 13.0 Å². The van der Waals surface area contributed by atoms with Crippen LogP contribution in [0.25, 0.3) is 0 Å². The van der Waals surface area contributed by atoms with Crippen LogP contribution in [0, 0.1) is 0 Å². The van der Waals surface area contributed by atoms with Gasteiger partial charge in [0, 0.05) is 37.4 Å². The minimum Gasteiger partial charge on any atom is -0.494 e. The van der Waals surface area contributed by atoms with E-state index in [0.717, 1.165) is 68.0 Å². The van der Waals surface area contributed by atoms with Gasteiger partial charge in [0.15, 0.2) is 0 Å². The molecule has 6 nitrogen and oxygen atoms in total. The number of carbonyl (C=O) groups is 2. The van der Waals surface area contributed by atoms with Gasteiger partial charge in [0.1, 0.15) is 5.75 Å². The SMILES string of the molecule is CCOc1ccc(N2C(=O)c3cc4c(cc3C2CC(=O)N2CCN(C)CC2)CCC4)cc1. The van der Waals surface area contributed by atoms with E-state index in [2.05, 4.69) is 24.1 Å². The third-order valence-corrected chi connectivity index (χ3v) is 7.03. The van der Waals surface area contributed by atoms with E-state index in [1.54, 1.807) is 0 Å². The summed E-state index contributed by atoms with van der Waals surface area (Å²) in [6, 6.07) is 11.7. The van der Waals surface area contributed by atoms with Crippen LogP contribution in [0.3, 0.4) is 0 Å². The monoisotopic (exact) mass is 433 g/mol. The second kappa shape index (κ2) is 8.58. The van der Waals surface area contributed by atoms with Gasteiger partial charge in [-0.3, -0.25) is 9.59 Å². The zero-order chi connectivity index (χ0) is 22.2. The highest BCUT2D eigenvalue weighted by Gasteiger charge is 2.40. The predicted octanol–water partition coefficient (Wildman–Crippen LogP) is 3.44. The van der Waals surface area contributed by atoms with Gasteiger partial charge in [0.2, 0.25) is 5.91 Å². The maximum atomic E-state index is 13.6. The average Bonchev–Trinajstić information content (AvgIpc) is 3.36. The van der Waals surface area contributed by atoms with Crippen LogP contribution in [0.2, 0.25) is 0 Å². The van der Waals surface area contributed by atoms with Gasteiger partial charge in [0.25, 0.3) is 5.91 Å². The molecule has 0 radical (unpaired) electrons. The smallest absolute Gasteiger partial charge is 0.259 e. The van der Waals surface area contributed by atoms with Gasteiger partial charge >= 0.3 is 0 Å². The molecule has 2 aromatic carbocycles. The molecule has 0 saturated carbocycles. The van der Waals surface area contributed by atoms with Crippen molar-refractivity contribution in [3.05, 3.63) is 58.7 Å². The molecule has 32 heavy (non-hydrogen) atoms. The zero-order valence-electron chi connectivity index (χ0n) is 19.0. The van der Waals surface area contributed by atoms with Crippen molar-refractivity contribution >= 4 is 17.5 Å². The fraction of sp³-hybridized carbons (Fsp3) is 0.462. The van der Waals surface area contributed by atoms with Crippen LogP contribution in [0.1, 0.15) is 52.9 Å². The number of piperazine rings is 1. The van der Waals surface area contributed by atoms with E-state index in [-0.39, 0.29) is 17.9 Å². The third kappa shape index (κ3) is 3.77. The lowest BCUT2D eigenvalue weighted by molar-refractivity contribution is -0.133. The molecule has 1 atom stereocenters. The lowest BCUT2D eigenvalue weighted by atomic mass is 9.96. The number of anilines is 1. The number of benzene rings is 2. The number of nitrogens with zero attached hydrogens (tertiary/aromatic N) is 3. The van der Waals surface area contributed by atoms with Crippen molar-refractivity contribution in [3.63, 3.8) is 0 Å². The van der Waals surface area contributed by atoms with Crippen LogP contribution in [0.5, 0.6) is 5.75 Å². The Morgan fingerprint density at radius 2 is 1.72 bits per heavy atom. The molecule has 1 saturated heterocycles. The van der Waals surface area contributed by atoms with Crippen molar-refractivity contribution in [3.8, 4) is 5.75 Å². The average molecular weight is 434 g/mol. The van der Waals surface area contributed by atoms with Crippen molar-refractivity contribution < 1.29 is 14.3 Å². The molecule has 0 spiro atoms. The standard InChI is InChI=1S/C26H31N3O3/c1-3-32-21-9-7-20(8-10-21)29-24(17-25(30)28-13-11-27(2)12-14-28)22-15-18-5-4-6-19(18)16-23(22)26(29)31/h7-10,15-16,24H,3-6,11-14,17H2,1-2H3. The first-order valence-corrected chi connectivity index (χ1v) is 11.7. The first-order chi connectivity index (χ1) is 15.5. The lowest BCUT2D eigenvalue weighted by Crippen LogP contribution is -2.47. The van der Waals surface area contributed by atoms with Crippen LogP contribution < -0.4 is 9.64 Å². The Bertz CT molecular complexity index is 1030. The summed E-state index contributed by atoms with van der Waals surface area (Å²) in [5, 5.41) is 0. The van der Waals surface area contributed by atoms with E-state index >= 15 is 0 Å². The Morgan fingerprint density at radius 3 is 2.41 bits per heavy atom. The molecule has 1 fully saturated rings. The van der Waals surface area contributed by atoms with Gasteiger partial charge in [-0.25, -0.2) is 0 Å². The number of carbonyl (C=O) groups excluding carboxylic acids is 2. The molecule has 168 valence electrons. The largest absolute Gasteiger partial charge is 0.494 e. The van der Waals surface area contributed by atoms with E-state index in [1.165, 1.54) is 11.1 Å². The molecular formula is C26H31N3O3. The van der Waals surface area contributed by atoms with E-state index in [9.17, 15) is 9.59 Å². The molecule has 3 aliphatic rings. The van der Waals surface area contributed by atoms with Crippen molar-refractivity contribution in [2.45, 2.75) is 38.6 Å². The summed E-state index contributed by atoms with van der Waals surface area (Å²) in [4.78, 5) is 32.9. The van der Waals surface area contributed by atoms with E-state index < -0.39 is 0 Å². The summed E-state index contributed by atoms with van der Waals surface area (Å²) >= 11 is 0. The summed E-state index contributed by atoms with van der Waals surface area (Å²) in [6.07, 6.45) is 3.54. The van der Waals surface area contributed by atoms with Crippen molar-refractivity contribution in [1.29, 1.82) is 0 Å². The first kappa shape index (κ1) is 21.0. The Balaban J connectivity index is 1.48. The molecule has 2 aromatic rings. The van der Waals surface area contributed by atoms with Gasteiger partial charge < -0.3 is 19.4 Å². The Labute approximate surface area is 189 Å². The van der Waals surface area contributed by atoms with Crippen molar-refractivity contribution in [1.82, 2.24) is 9.80 Å². The normalized spacial score (nSPS) is 20.4. The number of amides is 2. The van der Waals surface area contributed by atoms with Crippen LogP contribution in [0.4, 0.5) is 5.69 Å². The highest BCUT2D eigenvalue weighted by Crippen LogP contribution is 2.42. The van der Waals surface area contributed by atoms with E-state index in [4.69, 9.17) is 4.74 Å². The second-order valence-electron chi connectivity index (χ2n) is 9.07. The number of aryl methyl sites for hydroxylation is 2. The minimum absolute atomic E-state index is 0.00460. The Morgan fingerprint density at radius 1 is 1.03 bits per heavy atom. The third-order valence-electron chi connectivity index (χ3n) is 7.03. The zero-order valence-corrected chi connectivity index (χ0v) is 19.0. The van der Waals surface area contributed by atoms with Crippen molar-refractivity contribution in [2.24, 2.45) is 0 Å². The number of fused-ring (bicyclic) bond motifs is 2. The molecule has 5 rings (SSSR count). The number of ether oxygens (including phenoxy) is 1. The number of rotatable bonds is 5. The van der Waals surface area contributed by atoms with Crippen LogP contribution in [0.15, 0.2) is 36.4 Å². The molecule has 0 aromatic heterocycles. The first-order valence-electron chi connectivity index (χ1n) is 11.7. The van der Waals surface area contributed by atoms with Gasteiger partial charge in [-0.05, 0) is 80.3 Å². The molecule has 1 aliphatic carbocycles. The van der Waals surface area contributed by atoms with Crippen LogP contribution in [-0.2, 0) is 17.6 Å². The molecule has 6 heteroatoms. The molecule has 2 aliphatic heterocycles. The quantitative estimate of drug-likeness (QED) is 0.725. The topological polar surface area (TPSA) is 53.1 Å². The molecule has 2 heterocycles. The number of hydrogen-bond acceptors (Lipinski definition) is 4. The highest BCUT2D eigenvalue weighted by atomic mass is 16.5. The van der Waals surface area contributed by atoms with Crippen molar-refractivity contribution in [2.75, 3.05) is 44.7 Å². The maximum absolute atomic E-state index is 13.6. The summed E-state index contributed by atoms with van der Waals surface area (Å²) in [5.74, 6) is 0.902. The Kier molecular flexibility index (Phi) is 5.64. The minimum atomic E-state index is -0.270. The fourth-order valence-corrected chi connectivity index (χ4v) is 5.23. The molecule has 2 amide bonds. The lowest BCUT2D eigenvalue weighted by Gasteiger charge is -2.34.